The summed E-state index contributed by atoms with van der Waals surface area (Å²) < 4.78 is 0. The Kier molecular flexibility index (Phi) is 6.73. The fourth-order valence-corrected chi connectivity index (χ4v) is 2.85. The van der Waals surface area contributed by atoms with Crippen molar-refractivity contribution in [2.45, 2.75) is 38.9 Å². The third-order valence-corrected chi connectivity index (χ3v) is 4.37. The van der Waals surface area contributed by atoms with E-state index >= 15 is 0 Å². The Hall–Kier alpha value is -2.72. The maximum absolute atomic E-state index is 4.71. The number of rotatable bonds is 9. The zero-order chi connectivity index (χ0) is 18.0. The van der Waals surface area contributed by atoms with Gasteiger partial charge in [0.05, 0.1) is 5.69 Å². The Bertz CT molecular complexity index is 774. The number of pyridine rings is 2. The van der Waals surface area contributed by atoms with Crippen molar-refractivity contribution in [2.75, 3.05) is 5.32 Å². The summed E-state index contributed by atoms with van der Waals surface area (Å²) >= 11 is 0. The first-order valence-corrected chi connectivity index (χ1v) is 9.20. The third-order valence-electron chi connectivity index (χ3n) is 4.37. The number of benzene rings is 1. The summed E-state index contributed by atoms with van der Waals surface area (Å²) in [5, 5.41) is 7.00. The van der Waals surface area contributed by atoms with E-state index in [2.05, 4.69) is 65.0 Å². The van der Waals surface area contributed by atoms with Crippen molar-refractivity contribution in [3.05, 3.63) is 89.9 Å². The van der Waals surface area contributed by atoms with E-state index in [1.54, 1.807) is 0 Å². The van der Waals surface area contributed by atoms with Gasteiger partial charge in [-0.25, -0.2) is 4.98 Å². The summed E-state index contributed by atoms with van der Waals surface area (Å²) in [5.74, 6) is 0.908. The summed E-state index contributed by atoms with van der Waals surface area (Å²) in [6.45, 7) is 3.74. The van der Waals surface area contributed by atoms with Gasteiger partial charge in [0.2, 0.25) is 0 Å². The molecule has 0 amide bonds. The Morgan fingerprint density at radius 3 is 2.42 bits per heavy atom. The molecule has 4 heteroatoms. The predicted molar refractivity (Wildman–Crippen MR) is 107 cm³/mol. The number of nitrogens with one attached hydrogen (secondary N) is 2. The van der Waals surface area contributed by atoms with E-state index in [0.29, 0.717) is 6.04 Å². The third kappa shape index (κ3) is 5.67. The molecule has 0 spiro atoms. The van der Waals surface area contributed by atoms with Gasteiger partial charge < -0.3 is 10.6 Å². The van der Waals surface area contributed by atoms with Crippen LogP contribution in [0.4, 0.5) is 5.82 Å². The number of hydrogen-bond donors (Lipinski definition) is 2. The fraction of sp³-hybridized carbons (Fsp3) is 0.273. The molecule has 0 radical (unpaired) electrons. The van der Waals surface area contributed by atoms with Gasteiger partial charge in [-0.3, -0.25) is 4.98 Å². The Balaban J connectivity index is 1.52. The molecule has 26 heavy (non-hydrogen) atoms. The van der Waals surface area contributed by atoms with Crippen LogP contribution in [-0.2, 0) is 19.5 Å². The molecule has 0 bridgehead atoms. The zero-order valence-electron chi connectivity index (χ0n) is 15.2. The molecule has 2 aromatic heterocycles. The maximum atomic E-state index is 4.71. The highest BCUT2D eigenvalue weighted by atomic mass is 15.0. The van der Waals surface area contributed by atoms with Crippen LogP contribution in [0.2, 0.25) is 0 Å². The van der Waals surface area contributed by atoms with E-state index in [9.17, 15) is 0 Å². The molecule has 1 aromatic carbocycles. The summed E-state index contributed by atoms with van der Waals surface area (Å²) in [6.07, 6.45) is 3.84. The van der Waals surface area contributed by atoms with E-state index in [1.165, 1.54) is 5.56 Å². The van der Waals surface area contributed by atoms with E-state index in [1.807, 2.05) is 30.5 Å². The molecule has 0 saturated carbocycles. The molecular weight excluding hydrogens is 320 g/mol. The van der Waals surface area contributed by atoms with Gasteiger partial charge in [-0.15, -0.1) is 0 Å². The van der Waals surface area contributed by atoms with Crippen molar-refractivity contribution < 1.29 is 0 Å². The van der Waals surface area contributed by atoms with Crippen molar-refractivity contribution in [3.8, 4) is 0 Å². The SMILES string of the molecule is CCC(Cc1ccccn1)NCc1cccc(NCc2ccccc2)n1. The van der Waals surface area contributed by atoms with Crippen LogP contribution in [-0.4, -0.2) is 16.0 Å². The Morgan fingerprint density at radius 1 is 0.846 bits per heavy atom. The van der Waals surface area contributed by atoms with E-state index in [4.69, 9.17) is 4.98 Å². The first kappa shape index (κ1) is 18.1. The molecule has 134 valence electrons. The van der Waals surface area contributed by atoms with Crippen LogP contribution in [0, 0.1) is 0 Å². The van der Waals surface area contributed by atoms with Crippen molar-refractivity contribution in [2.24, 2.45) is 0 Å². The lowest BCUT2D eigenvalue weighted by Crippen LogP contribution is -2.30. The molecule has 1 atom stereocenters. The Morgan fingerprint density at radius 2 is 1.65 bits per heavy atom. The van der Waals surface area contributed by atoms with Gasteiger partial charge in [0, 0.05) is 37.4 Å². The quantitative estimate of drug-likeness (QED) is 0.610. The topological polar surface area (TPSA) is 49.8 Å². The Labute approximate surface area is 155 Å². The highest BCUT2D eigenvalue weighted by Crippen LogP contribution is 2.09. The van der Waals surface area contributed by atoms with Gasteiger partial charge in [-0.2, -0.15) is 0 Å². The van der Waals surface area contributed by atoms with Crippen LogP contribution in [0.1, 0.15) is 30.3 Å². The summed E-state index contributed by atoms with van der Waals surface area (Å²) in [6, 6.07) is 23.0. The molecule has 3 aromatic rings. The van der Waals surface area contributed by atoms with Crippen LogP contribution < -0.4 is 10.6 Å². The molecule has 0 fully saturated rings. The van der Waals surface area contributed by atoms with Crippen LogP contribution in [0.5, 0.6) is 0 Å². The molecule has 2 N–H and O–H groups in total. The molecule has 0 aliphatic heterocycles. The monoisotopic (exact) mass is 346 g/mol. The van der Waals surface area contributed by atoms with Crippen LogP contribution in [0.3, 0.4) is 0 Å². The lowest BCUT2D eigenvalue weighted by atomic mass is 10.1. The minimum absolute atomic E-state index is 0.396. The van der Waals surface area contributed by atoms with Gasteiger partial charge in [-0.05, 0) is 36.2 Å². The van der Waals surface area contributed by atoms with Crippen molar-refractivity contribution in [1.29, 1.82) is 0 Å². The minimum Gasteiger partial charge on any atom is -0.366 e. The standard InChI is InChI=1S/C22H26N4/c1-2-19(15-20-11-6-7-14-23-20)24-17-21-12-8-13-22(26-21)25-16-18-9-4-3-5-10-18/h3-14,19,24H,2,15-17H2,1H3,(H,25,26). The maximum Gasteiger partial charge on any atom is 0.126 e. The van der Waals surface area contributed by atoms with Crippen LogP contribution in [0.15, 0.2) is 72.9 Å². The highest BCUT2D eigenvalue weighted by molar-refractivity contribution is 5.36. The van der Waals surface area contributed by atoms with Crippen molar-refractivity contribution in [3.63, 3.8) is 0 Å². The average molecular weight is 346 g/mol. The number of nitrogens with zero attached hydrogens (tertiary/aromatic N) is 2. The van der Waals surface area contributed by atoms with Crippen LogP contribution in [0.25, 0.3) is 0 Å². The molecule has 0 aliphatic carbocycles. The van der Waals surface area contributed by atoms with E-state index in [0.717, 1.165) is 43.1 Å². The summed E-state index contributed by atoms with van der Waals surface area (Å²) in [4.78, 5) is 9.13. The molecule has 3 rings (SSSR count). The molecule has 2 heterocycles. The fourth-order valence-electron chi connectivity index (χ4n) is 2.85. The van der Waals surface area contributed by atoms with E-state index < -0.39 is 0 Å². The normalized spacial score (nSPS) is 11.9. The van der Waals surface area contributed by atoms with Gasteiger partial charge in [0.15, 0.2) is 0 Å². The first-order valence-electron chi connectivity index (χ1n) is 9.20. The van der Waals surface area contributed by atoms with Crippen molar-refractivity contribution >= 4 is 5.82 Å². The summed E-state index contributed by atoms with van der Waals surface area (Å²) in [7, 11) is 0. The highest BCUT2D eigenvalue weighted by Gasteiger charge is 2.08. The largest absolute Gasteiger partial charge is 0.366 e. The number of aromatic nitrogens is 2. The molecular formula is C22H26N4. The lowest BCUT2D eigenvalue weighted by Gasteiger charge is -2.16. The number of hydrogen-bond acceptors (Lipinski definition) is 4. The lowest BCUT2D eigenvalue weighted by molar-refractivity contribution is 0.486. The second kappa shape index (κ2) is 9.68. The van der Waals surface area contributed by atoms with Gasteiger partial charge >= 0.3 is 0 Å². The molecule has 0 saturated heterocycles. The van der Waals surface area contributed by atoms with Gasteiger partial charge in [0.1, 0.15) is 5.82 Å². The average Bonchev–Trinajstić information content (AvgIpc) is 2.71. The zero-order valence-corrected chi connectivity index (χ0v) is 15.2. The minimum atomic E-state index is 0.396. The molecule has 1 unspecified atom stereocenters. The van der Waals surface area contributed by atoms with Crippen LogP contribution >= 0.6 is 0 Å². The summed E-state index contributed by atoms with van der Waals surface area (Å²) in [5.41, 5.74) is 3.42. The smallest absolute Gasteiger partial charge is 0.126 e. The predicted octanol–water partition coefficient (Wildman–Crippen LogP) is 4.20. The molecule has 4 nitrogen and oxygen atoms in total. The second-order valence-electron chi connectivity index (χ2n) is 6.36. The molecule has 0 aliphatic rings. The van der Waals surface area contributed by atoms with E-state index in [-0.39, 0.29) is 0 Å². The first-order chi connectivity index (χ1) is 12.8. The van der Waals surface area contributed by atoms with Crippen molar-refractivity contribution in [1.82, 2.24) is 15.3 Å². The number of anilines is 1. The van der Waals surface area contributed by atoms with Gasteiger partial charge in [-0.1, -0.05) is 49.4 Å². The second-order valence-corrected chi connectivity index (χ2v) is 6.36. The van der Waals surface area contributed by atoms with Gasteiger partial charge in [0.25, 0.3) is 0 Å².